The van der Waals surface area contributed by atoms with Gasteiger partial charge in [0.25, 0.3) is 0 Å². The number of amides is 1. The number of rotatable bonds is 2. The molecule has 2 aromatic carbocycles. The number of nitrogens with one attached hydrogen (secondary N) is 1. The fourth-order valence-corrected chi connectivity index (χ4v) is 7.67. The van der Waals surface area contributed by atoms with E-state index >= 15 is 4.39 Å². The Balaban J connectivity index is 1.16. The van der Waals surface area contributed by atoms with Gasteiger partial charge in [0.05, 0.1) is 47.6 Å². The molecular formula is C38H37F2N11O4. The highest BCUT2D eigenvalue weighted by atomic mass is 19.1. The van der Waals surface area contributed by atoms with Crippen LogP contribution < -0.4 is 15.0 Å². The van der Waals surface area contributed by atoms with E-state index in [2.05, 4.69) is 20.4 Å². The lowest BCUT2D eigenvalue weighted by Crippen LogP contribution is -2.47. The first kappa shape index (κ1) is 34.7. The molecule has 0 radical (unpaired) electrons. The van der Waals surface area contributed by atoms with Gasteiger partial charge in [-0.1, -0.05) is 6.08 Å². The van der Waals surface area contributed by atoms with Crippen LogP contribution in [-0.2, 0) is 27.4 Å². The van der Waals surface area contributed by atoms with Gasteiger partial charge in [0.2, 0.25) is 11.9 Å². The molecule has 15 nitrogen and oxygen atoms in total. The molecule has 6 bridgehead atoms. The van der Waals surface area contributed by atoms with Gasteiger partial charge in [0, 0.05) is 57.2 Å². The van der Waals surface area contributed by atoms with Crippen LogP contribution >= 0.6 is 0 Å². The molecule has 4 aromatic heterocycles. The number of benzene rings is 2. The summed E-state index contributed by atoms with van der Waals surface area (Å²) in [4.78, 5) is 42.1. The highest BCUT2D eigenvalue weighted by Gasteiger charge is 2.41. The molecule has 3 atom stereocenters. The average Bonchev–Trinajstić information content (AvgIpc) is 3.87. The Bertz CT molecular complexity index is 2490. The topological polar surface area (TPSA) is 150 Å². The fraction of sp³-hybridized carbons (Fsp3) is 0.342. The Labute approximate surface area is 313 Å². The Morgan fingerprint density at radius 1 is 0.982 bits per heavy atom. The van der Waals surface area contributed by atoms with E-state index in [4.69, 9.17) is 29.2 Å². The SMILES string of the molecule is CO[C@H]1CN(C)C(=O)[C@@H]2C[C@@H](CN2c2nc3nc4c2cnn4-c2ccc(F)cc2OC/C=C/COC3)Nc2nccc(n2)-c2cc(F)cc3nc(C)n(c23)C1. The van der Waals surface area contributed by atoms with Crippen LogP contribution in [0.5, 0.6) is 5.75 Å². The number of nitrogens with zero attached hydrogens (tertiary/aromatic N) is 10. The van der Waals surface area contributed by atoms with Gasteiger partial charge >= 0.3 is 0 Å². The molecule has 1 amide bonds. The Hall–Kier alpha value is -6.07. The summed E-state index contributed by atoms with van der Waals surface area (Å²) in [6.07, 6.45) is 6.82. The maximum atomic E-state index is 15.1. The van der Waals surface area contributed by atoms with Crippen molar-refractivity contribution in [3.05, 3.63) is 84.2 Å². The third-order valence-corrected chi connectivity index (χ3v) is 10.2. The Morgan fingerprint density at radius 2 is 1.85 bits per heavy atom. The lowest BCUT2D eigenvalue weighted by molar-refractivity contribution is -0.132. The minimum Gasteiger partial charge on any atom is -0.487 e. The molecule has 0 aliphatic carbocycles. The van der Waals surface area contributed by atoms with E-state index in [1.165, 1.54) is 24.3 Å². The monoisotopic (exact) mass is 749 g/mol. The standard InChI is InChI=1S/C38H37F2N11O4/c1-21-43-29-13-23(40)12-26-28-8-9-41-38(45-28)44-24-15-31(37(52)48(2)18-25(53-3)19-49(21)34(26)29)50(17-24)35-27-16-42-51-30-7-6-22(39)14-32(30)55-11-5-4-10-54-20-33(46-35)47-36(27)51/h4-9,12-14,16,24-25,31H,10-11,15,17-20H2,1-3H3,(H,41,44,45)/b5-4+/t24-,25-,31-/m0/s1. The van der Waals surface area contributed by atoms with E-state index in [1.807, 2.05) is 22.5 Å². The summed E-state index contributed by atoms with van der Waals surface area (Å²) >= 11 is 0. The van der Waals surface area contributed by atoms with E-state index in [0.717, 1.165) is 0 Å². The van der Waals surface area contributed by atoms with E-state index < -0.39 is 23.8 Å². The molecule has 3 aliphatic heterocycles. The lowest BCUT2D eigenvalue weighted by Gasteiger charge is -2.31. The van der Waals surface area contributed by atoms with Crippen molar-refractivity contribution >= 4 is 39.7 Å². The fourth-order valence-electron chi connectivity index (χ4n) is 7.67. The first-order valence-corrected chi connectivity index (χ1v) is 17.9. The Kier molecular flexibility index (Phi) is 8.81. The van der Waals surface area contributed by atoms with Crippen LogP contribution in [0.2, 0.25) is 0 Å². The molecule has 55 heavy (non-hydrogen) atoms. The highest BCUT2D eigenvalue weighted by molar-refractivity contribution is 5.94. The van der Waals surface area contributed by atoms with Crippen LogP contribution in [0.4, 0.5) is 20.5 Å². The van der Waals surface area contributed by atoms with E-state index in [9.17, 15) is 9.18 Å². The number of likely N-dealkylation sites (N-methyl/N-ethyl adjacent to an activating group) is 1. The third kappa shape index (κ3) is 6.38. The summed E-state index contributed by atoms with van der Waals surface area (Å²) in [5.41, 5.74) is 3.22. The summed E-state index contributed by atoms with van der Waals surface area (Å²) in [5, 5.41) is 8.71. The normalized spacial score (nSPS) is 20.9. The smallest absolute Gasteiger partial charge is 0.245 e. The van der Waals surface area contributed by atoms with Gasteiger partial charge in [0.15, 0.2) is 11.5 Å². The Morgan fingerprint density at radius 3 is 2.73 bits per heavy atom. The molecule has 1 fully saturated rings. The van der Waals surface area contributed by atoms with Crippen molar-refractivity contribution in [1.29, 1.82) is 0 Å². The van der Waals surface area contributed by atoms with E-state index in [-0.39, 0.29) is 44.1 Å². The molecule has 0 unspecified atom stereocenters. The number of hydrogen-bond acceptors (Lipinski definition) is 12. The van der Waals surface area contributed by atoms with Gasteiger partial charge in [-0.15, -0.1) is 0 Å². The summed E-state index contributed by atoms with van der Waals surface area (Å²) < 4.78 is 50.9. The number of fused-ring (bicyclic) bond motifs is 8. The van der Waals surface area contributed by atoms with Crippen molar-refractivity contribution in [3.63, 3.8) is 0 Å². The minimum absolute atomic E-state index is 0.0861. The number of anilines is 2. The second-order valence-electron chi connectivity index (χ2n) is 13.8. The van der Waals surface area contributed by atoms with E-state index in [0.29, 0.717) is 81.9 Å². The van der Waals surface area contributed by atoms with Gasteiger partial charge in [-0.3, -0.25) is 4.79 Å². The van der Waals surface area contributed by atoms with Crippen molar-refractivity contribution in [1.82, 2.24) is 44.2 Å². The maximum Gasteiger partial charge on any atom is 0.245 e. The summed E-state index contributed by atoms with van der Waals surface area (Å²) in [5.74, 6) is 1.12. The lowest BCUT2D eigenvalue weighted by atomic mass is 10.1. The maximum absolute atomic E-state index is 15.1. The average molecular weight is 750 g/mol. The molecule has 1 N–H and O–H groups in total. The molecule has 0 saturated carbocycles. The van der Waals surface area contributed by atoms with Crippen LogP contribution in [0, 0.1) is 18.6 Å². The predicted molar refractivity (Wildman–Crippen MR) is 198 cm³/mol. The second kappa shape index (κ2) is 14.0. The summed E-state index contributed by atoms with van der Waals surface area (Å²) in [7, 11) is 3.37. The van der Waals surface area contributed by atoms with Crippen LogP contribution in [-0.4, -0.2) is 109 Å². The molecule has 6 aromatic rings. The van der Waals surface area contributed by atoms with Crippen molar-refractivity contribution in [3.8, 4) is 22.7 Å². The van der Waals surface area contributed by atoms with Crippen LogP contribution in [0.3, 0.4) is 0 Å². The molecular weight excluding hydrogens is 712 g/mol. The quantitative estimate of drug-likeness (QED) is 0.253. The number of imidazole rings is 1. The minimum atomic E-state index is -0.675. The first-order valence-electron chi connectivity index (χ1n) is 17.9. The first-order chi connectivity index (χ1) is 26.7. The van der Waals surface area contributed by atoms with Gasteiger partial charge in [-0.25, -0.2) is 38.4 Å². The molecule has 1 saturated heterocycles. The molecule has 282 valence electrons. The summed E-state index contributed by atoms with van der Waals surface area (Å²) in [6, 6.07) is 7.87. The zero-order valence-corrected chi connectivity index (χ0v) is 30.3. The number of halogens is 2. The van der Waals surface area contributed by atoms with Gasteiger partial charge in [-0.05, 0) is 43.7 Å². The molecule has 0 spiro atoms. The van der Waals surface area contributed by atoms with Gasteiger partial charge in [-0.2, -0.15) is 5.10 Å². The van der Waals surface area contributed by atoms with Crippen molar-refractivity contribution < 1.29 is 27.8 Å². The molecule has 3 aliphatic rings. The van der Waals surface area contributed by atoms with Gasteiger partial charge in [0.1, 0.15) is 54.0 Å². The number of hydrogen-bond donors (Lipinski definition) is 1. The number of methoxy groups -OCH3 is 1. The number of aromatic nitrogens is 8. The molecule has 17 heteroatoms. The number of carbonyl (C=O) groups is 1. The largest absolute Gasteiger partial charge is 0.487 e. The van der Waals surface area contributed by atoms with Crippen LogP contribution in [0.15, 0.2) is 60.9 Å². The zero-order chi connectivity index (χ0) is 37.8. The number of carbonyl (C=O) groups excluding carboxylic acids is 1. The van der Waals surface area contributed by atoms with Crippen LogP contribution in [0.25, 0.3) is 39.0 Å². The van der Waals surface area contributed by atoms with Crippen molar-refractivity contribution in [2.45, 2.75) is 44.7 Å². The van der Waals surface area contributed by atoms with E-state index in [1.54, 1.807) is 54.3 Å². The zero-order valence-electron chi connectivity index (χ0n) is 30.3. The van der Waals surface area contributed by atoms with Crippen molar-refractivity contribution in [2.24, 2.45) is 0 Å². The third-order valence-electron chi connectivity index (χ3n) is 10.2. The molecule has 9 rings (SSSR count). The predicted octanol–water partition coefficient (Wildman–Crippen LogP) is 4.22. The number of aryl methyl sites for hydroxylation is 1. The highest BCUT2D eigenvalue weighted by Crippen LogP contribution is 2.36. The van der Waals surface area contributed by atoms with Gasteiger partial charge < -0.3 is 33.9 Å². The van der Waals surface area contributed by atoms with Crippen molar-refractivity contribution in [2.75, 3.05) is 50.7 Å². The second-order valence-corrected chi connectivity index (χ2v) is 13.8. The number of ether oxygens (including phenoxy) is 3. The molecule has 7 heterocycles. The van der Waals surface area contributed by atoms with Crippen LogP contribution in [0.1, 0.15) is 18.1 Å². The summed E-state index contributed by atoms with van der Waals surface area (Å²) in [6.45, 7) is 3.37.